The molecular weight excluding hydrogens is 411 g/mol. The molecule has 29 heavy (non-hydrogen) atoms. The van der Waals surface area contributed by atoms with Crippen LogP contribution in [0.15, 0.2) is 77.8 Å². The number of para-hydroxylation sites is 1. The van der Waals surface area contributed by atoms with Crippen molar-refractivity contribution in [3.05, 3.63) is 105 Å². The lowest BCUT2D eigenvalue weighted by atomic mass is 10.2. The molecule has 0 saturated heterocycles. The Morgan fingerprint density at radius 1 is 1.03 bits per heavy atom. The maximum Gasteiger partial charge on any atom is 0.269 e. The predicted octanol–water partition coefficient (Wildman–Crippen LogP) is 6.68. The molecular formula is C22H16ClFN2O2S. The van der Waals surface area contributed by atoms with Crippen molar-refractivity contribution in [1.82, 2.24) is 4.57 Å². The van der Waals surface area contributed by atoms with Gasteiger partial charge in [-0.1, -0.05) is 48.0 Å². The van der Waals surface area contributed by atoms with Gasteiger partial charge in [-0.15, -0.1) is 11.8 Å². The molecule has 0 spiro atoms. The molecule has 0 aliphatic rings. The molecule has 4 nitrogen and oxygen atoms in total. The minimum atomic E-state index is -0.405. The molecule has 0 fully saturated rings. The molecule has 0 bridgehead atoms. The molecule has 1 heterocycles. The Morgan fingerprint density at radius 3 is 2.52 bits per heavy atom. The Morgan fingerprint density at radius 2 is 1.79 bits per heavy atom. The van der Waals surface area contributed by atoms with E-state index in [4.69, 9.17) is 11.6 Å². The van der Waals surface area contributed by atoms with Gasteiger partial charge in [0.25, 0.3) is 5.69 Å². The number of nitro benzene ring substituents is 1. The summed E-state index contributed by atoms with van der Waals surface area (Å²) in [5.74, 6) is 0.122. The van der Waals surface area contributed by atoms with Crippen LogP contribution in [0.1, 0.15) is 11.1 Å². The maximum atomic E-state index is 14.1. The number of hydrogen-bond donors (Lipinski definition) is 0. The highest BCUT2D eigenvalue weighted by Gasteiger charge is 2.13. The van der Waals surface area contributed by atoms with E-state index in [1.165, 1.54) is 30.0 Å². The van der Waals surface area contributed by atoms with Crippen molar-refractivity contribution in [1.29, 1.82) is 0 Å². The first-order valence-corrected chi connectivity index (χ1v) is 10.3. The van der Waals surface area contributed by atoms with Crippen molar-refractivity contribution in [2.24, 2.45) is 0 Å². The zero-order valence-electron chi connectivity index (χ0n) is 15.2. The van der Waals surface area contributed by atoms with E-state index in [2.05, 4.69) is 4.57 Å². The Balaban J connectivity index is 1.62. The monoisotopic (exact) mass is 426 g/mol. The van der Waals surface area contributed by atoms with Gasteiger partial charge in [0.2, 0.25) is 0 Å². The van der Waals surface area contributed by atoms with Gasteiger partial charge in [0.1, 0.15) is 5.82 Å². The van der Waals surface area contributed by atoms with Crippen molar-refractivity contribution >= 4 is 40.0 Å². The average molecular weight is 427 g/mol. The van der Waals surface area contributed by atoms with Crippen molar-refractivity contribution in [3.8, 4) is 0 Å². The first kappa shape index (κ1) is 19.5. The first-order valence-electron chi connectivity index (χ1n) is 8.90. The molecule has 0 aliphatic heterocycles. The Bertz CT molecular complexity index is 1170. The smallest absolute Gasteiger partial charge is 0.269 e. The molecule has 4 aromatic rings. The van der Waals surface area contributed by atoms with E-state index >= 15 is 0 Å². The summed E-state index contributed by atoms with van der Waals surface area (Å²) < 4.78 is 16.2. The quantitative estimate of drug-likeness (QED) is 0.196. The fourth-order valence-electron chi connectivity index (χ4n) is 3.20. The van der Waals surface area contributed by atoms with Crippen LogP contribution in [0.25, 0.3) is 10.9 Å². The minimum absolute atomic E-state index is 0.0733. The van der Waals surface area contributed by atoms with E-state index in [1.807, 2.05) is 30.5 Å². The number of nitro groups is 1. The third kappa shape index (κ3) is 4.13. The van der Waals surface area contributed by atoms with Crippen molar-refractivity contribution in [2.75, 3.05) is 0 Å². The lowest BCUT2D eigenvalue weighted by molar-refractivity contribution is -0.384. The Kier molecular flexibility index (Phi) is 5.56. The second-order valence-electron chi connectivity index (χ2n) is 6.55. The lowest BCUT2D eigenvalue weighted by Gasteiger charge is -2.05. The van der Waals surface area contributed by atoms with Crippen LogP contribution in [0.4, 0.5) is 10.1 Å². The van der Waals surface area contributed by atoms with E-state index in [1.54, 1.807) is 24.3 Å². The molecule has 0 amide bonds. The molecule has 1 aromatic heterocycles. The number of benzene rings is 3. The van der Waals surface area contributed by atoms with Gasteiger partial charge in [0.05, 0.1) is 4.92 Å². The molecule has 146 valence electrons. The summed E-state index contributed by atoms with van der Waals surface area (Å²) in [6.07, 6.45) is 2.03. The average Bonchev–Trinajstić information content (AvgIpc) is 3.06. The van der Waals surface area contributed by atoms with E-state index in [-0.39, 0.29) is 11.5 Å². The zero-order chi connectivity index (χ0) is 20.4. The normalized spacial score (nSPS) is 11.1. The number of nitrogens with zero attached hydrogens (tertiary/aromatic N) is 2. The van der Waals surface area contributed by atoms with E-state index in [0.29, 0.717) is 22.9 Å². The van der Waals surface area contributed by atoms with Crippen LogP contribution in [0, 0.1) is 15.9 Å². The summed E-state index contributed by atoms with van der Waals surface area (Å²) >= 11 is 7.69. The van der Waals surface area contributed by atoms with Gasteiger partial charge < -0.3 is 4.57 Å². The van der Waals surface area contributed by atoms with Crippen LogP contribution < -0.4 is 0 Å². The Labute approximate surface area is 176 Å². The second kappa shape index (κ2) is 8.27. The van der Waals surface area contributed by atoms with E-state index in [9.17, 15) is 14.5 Å². The number of rotatable bonds is 6. The zero-order valence-corrected chi connectivity index (χ0v) is 16.8. The highest BCUT2D eigenvalue weighted by molar-refractivity contribution is 7.98. The molecule has 0 atom stereocenters. The second-order valence-corrected chi connectivity index (χ2v) is 7.98. The van der Waals surface area contributed by atoms with E-state index < -0.39 is 4.92 Å². The number of hydrogen-bond acceptors (Lipinski definition) is 3. The fraction of sp³-hybridized carbons (Fsp3) is 0.0909. The standard InChI is InChI=1S/C22H16ClFN2O2S/c23-19-5-3-6-20(24)18(19)14-29-22-13-25(21-7-2-1-4-17(21)22)12-15-8-10-16(11-9-15)26(27)28/h1-11,13H,12,14H2. The summed E-state index contributed by atoms with van der Waals surface area (Å²) in [6, 6.07) is 19.3. The van der Waals surface area contributed by atoms with Crippen molar-refractivity contribution < 1.29 is 9.31 Å². The van der Waals surface area contributed by atoms with Crippen LogP contribution in [-0.4, -0.2) is 9.49 Å². The number of fused-ring (bicyclic) bond motifs is 1. The van der Waals surface area contributed by atoms with Gasteiger partial charge in [-0.05, 0) is 23.8 Å². The summed E-state index contributed by atoms with van der Waals surface area (Å²) in [5.41, 5.74) is 2.58. The van der Waals surface area contributed by atoms with Gasteiger partial charge in [0.15, 0.2) is 0 Å². The molecule has 4 rings (SSSR count). The summed E-state index contributed by atoms with van der Waals surface area (Å²) in [5, 5.41) is 12.3. The maximum absolute atomic E-state index is 14.1. The number of non-ortho nitro benzene ring substituents is 1. The number of thioether (sulfide) groups is 1. The number of aromatic nitrogens is 1. The summed E-state index contributed by atoms with van der Waals surface area (Å²) in [4.78, 5) is 11.5. The molecule has 3 aromatic carbocycles. The lowest BCUT2D eigenvalue weighted by Crippen LogP contribution is -1.98. The van der Waals surface area contributed by atoms with Gasteiger partial charge in [-0.3, -0.25) is 10.1 Å². The molecule has 0 N–H and O–H groups in total. The van der Waals surface area contributed by atoms with Crippen LogP contribution in [0.3, 0.4) is 0 Å². The molecule has 0 radical (unpaired) electrons. The van der Waals surface area contributed by atoms with E-state index in [0.717, 1.165) is 21.4 Å². The van der Waals surface area contributed by atoms with Gasteiger partial charge >= 0.3 is 0 Å². The van der Waals surface area contributed by atoms with Crippen molar-refractivity contribution in [2.45, 2.75) is 17.2 Å². The van der Waals surface area contributed by atoms with Crippen LogP contribution >= 0.6 is 23.4 Å². The van der Waals surface area contributed by atoms with Crippen LogP contribution in [-0.2, 0) is 12.3 Å². The Hall–Kier alpha value is -2.83. The fourth-order valence-corrected chi connectivity index (χ4v) is 4.63. The van der Waals surface area contributed by atoms with Crippen molar-refractivity contribution in [3.63, 3.8) is 0 Å². The van der Waals surface area contributed by atoms with Crippen LogP contribution in [0.5, 0.6) is 0 Å². The molecule has 0 saturated carbocycles. The van der Waals surface area contributed by atoms with Gasteiger partial charge in [-0.25, -0.2) is 4.39 Å². The topological polar surface area (TPSA) is 48.1 Å². The molecule has 0 unspecified atom stereocenters. The largest absolute Gasteiger partial charge is 0.342 e. The van der Waals surface area contributed by atoms with Gasteiger partial charge in [-0.2, -0.15) is 0 Å². The first-order chi connectivity index (χ1) is 14.0. The summed E-state index contributed by atoms with van der Waals surface area (Å²) in [6.45, 7) is 0.583. The molecule has 0 aliphatic carbocycles. The molecule has 7 heteroatoms. The third-order valence-electron chi connectivity index (χ3n) is 4.69. The number of halogens is 2. The van der Waals surface area contributed by atoms with Crippen LogP contribution in [0.2, 0.25) is 5.02 Å². The highest BCUT2D eigenvalue weighted by atomic mass is 35.5. The predicted molar refractivity (Wildman–Crippen MR) is 115 cm³/mol. The SMILES string of the molecule is O=[N+]([O-])c1ccc(Cn2cc(SCc3c(F)cccc3Cl)c3ccccc32)cc1. The third-order valence-corrected chi connectivity index (χ3v) is 6.11. The minimum Gasteiger partial charge on any atom is -0.342 e. The highest BCUT2D eigenvalue weighted by Crippen LogP contribution is 2.34. The van der Waals surface area contributed by atoms with Gasteiger partial charge in [0, 0.05) is 57.0 Å². The summed E-state index contributed by atoms with van der Waals surface area (Å²) in [7, 11) is 0.